The van der Waals surface area contributed by atoms with Gasteiger partial charge >= 0.3 is 0 Å². The number of carbonyl (C=O) groups excluding carboxylic acids is 1. The van der Waals surface area contributed by atoms with Crippen LogP contribution in [0.2, 0.25) is 5.02 Å². The minimum absolute atomic E-state index is 0.103. The Morgan fingerprint density at radius 2 is 1.91 bits per heavy atom. The van der Waals surface area contributed by atoms with Crippen molar-refractivity contribution in [2.24, 2.45) is 0 Å². The normalized spacial score (nSPS) is 11.8. The van der Waals surface area contributed by atoms with Crippen LogP contribution in [-0.2, 0) is 9.53 Å². The standard InChI is InChI=1S/C18H20ClNO3/c1-20(11-12-23-16-10-6-9-15(19)13-16)18(21)17(22-2)14-7-4-3-5-8-14/h3-10,13,17H,11-12H2,1-2H3. The van der Waals surface area contributed by atoms with Crippen molar-refractivity contribution in [3.63, 3.8) is 0 Å². The minimum atomic E-state index is -0.604. The van der Waals surface area contributed by atoms with Crippen molar-refractivity contribution in [1.82, 2.24) is 4.90 Å². The van der Waals surface area contributed by atoms with Gasteiger partial charge in [0.25, 0.3) is 5.91 Å². The van der Waals surface area contributed by atoms with Crippen molar-refractivity contribution < 1.29 is 14.3 Å². The lowest BCUT2D eigenvalue weighted by molar-refractivity contribution is -0.141. The summed E-state index contributed by atoms with van der Waals surface area (Å²) in [5, 5.41) is 0.621. The van der Waals surface area contributed by atoms with E-state index in [4.69, 9.17) is 21.1 Å². The third kappa shape index (κ3) is 4.98. The summed E-state index contributed by atoms with van der Waals surface area (Å²) in [6.07, 6.45) is -0.604. The molecule has 0 fully saturated rings. The maximum atomic E-state index is 12.5. The van der Waals surface area contributed by atoms with Crippen LogP contribution in [0.5, 0.6) is 5.75 Å². The summed E-state index contributed by atoms with van der Waals surface area (Å²) in [6.45, 7) is 0.839. The maximum Gasteiger partial charge on any atom is 0.256 e. The van der Waals surface area contributed by atoms with Crippen LogP contribution in [0.1, 0.15) is 11.7 Å². The van der Waals surface area contributed by atoms with Crippen LogP contribution in [0.4, 0.5) is 0 Å². The molecule has 0 bridgehead atoms. The van der Waals surface area contributed by atoms with Gasteiger partial charge in [0.15, 0.2) is 6.10 Å². The van der Waals surface area contributed by atoms with E-state index in [2.05, 4.69) is 0 Å². The fourth-order valence-corrected chi connectivity index (χ4v) is 2.36. The molecule has 0 aliphatic carbocycles. The van der Waals surface area contributed by atoms with Crippen molar-refractivity contribution in [2.45, 2.75) is 6.10 Å². The van der Waals surface area contributed by atoms with Gasteiger partial charge in [0.1, 0.15) is 12.4 Å². The van der Waals surface area contributed by atoms with Gasteiger partial charge in [0.05, 0.1) is 6.54 Å². The van der Waals surface area contributed by atoms with Crippen LogP contribution in [0, 0.1) is 0 Å². The Balaban J connectivity index is 1.89. The highest BCUT2D eigenvalue weighted by molar-refractivity contribution is 6.30. The molecular formula is C18H20ClNO3. The Kier molecular flexibility index (Phi) is 6.44. The molecule has 2 rings (SSSR count). The second-order valence-electron chi connectivity index (χ2n) is 5.09. The van der Waals surface area contributed by atoms with E-state index in [9.17, 15) is 4.79 Å². The molecule has 5 heteroatoms. The largest absolute Gasteiger partial charge is 0.492 e. The highest BCUT2D eigenvalue weighted by atomic mass is 35.5. The molecule has 0 saturated carbocycles. The highest BCUT2D eigenvalue weighted by Gasteiger charge is 2.23. The molecule has 1 atom stereocenters. The van der Waals surface area contributed by atoms with E-state index in [-0.39, 0.29) is 5.91 Å². The molecule has 2 aromatic rings. The van der Waals surface area contributed by atoms with Gasteiger partial charge in [0.2, 0.25) is 0 Å². The molecule has 122 valence electrons. The van der Waals surface area contributed by atoms with E-state index in [1.54, 1.807) is 24.1 Å². The molecule has 0 N–H and O–H groups in total. The third-order valence-electron chi connectivity index (χ3n) is 3.43. The summed E-state index contributed by atoms with van der Waals surface area (Å²) in [5.41, 5.74) is 0.836. The van der Waals surface area contributed by atoms with Gasteiger partial charge in [-0.15, -0.1) is 0 Å². The maximum absolute atomic E-state index is 12.5. The summed E-state index contributed by atoms with van der Waals surface area (Å²) < 4.78 is 11.0. The molecule has 1 amide bonds. The van der Waals surface area contributed by atoms with Gasteiger partial charge in [-0.2, -0.15) is 0 Å². The quantitative estimate of drug-likeness (QED) is 0.777. The van der Waals surface area contributed by atoms with Crippen LogP contribution in [0.25, 0.3) is 0 Å². The summed E-state index contributed by atoms with van der Waals surface area (Å²) in [6, 6.07) is 16.6. The molecule has 4 nitrogen and oxygen atoms in total. The second-order valence-corrected chi connectivity index (χ2v) is 5.53. The van der Waals surface area contributed by atoms with E-state index < -0.39 is 6.10 Å². The second kappa shape index (κ2) is 8.56. The van der Waals surface area contributed by atoms with Gasteiger partial charge in [-0.3, -0.25) is 4.79 Å². The molecule has 1 unspecified atom stereocenters. The lowest BCUT2D eigenvalue weighted by Crippen LogP contribution is -2.35. The third-order valence-corrected chi connectivity index (χ3v) is 3.67. The van der Waals surface area contributed by atoms with Crippen molar-refractivity contribution in [2.75, 3.05) is 27.3 Å². The van der Waals surface area contributed by atoms with Gasteiger partial charge < -0.3 is 14.4 Å². The number of hydrogen-bond acceptors (Lipinski definition) is 3. The van der Waals surface area contributed by atoms with Crippen LogP contribution < -0.4 is 4.74 Å². The van der Waals surface area contributed by atoms with Crippen molar-refractivity contribution in [3.05, 3.63) is 65.2 Å². The average molecular weight is 334 g/mol. The van der Waals surface area contributed by atoms with Crippen LogP contribution in [0.15, 0.2) is 54.6 Å². The van der Waals surface area contributed by atoms with Crippen molar-refractivity contribution in [1.29, 1.82) is 0 Å². The number of benzene rings is 2. The highest BCUT2D eigenvalue weighted by Crippen LogP contribution is 2.19. The van der Waals surface area contributed by atoms with E-state index in [1.807, 2.05) is 42.5 Å². The van der Waals surface area contributed by atoms with Crippen LogP contribution in [0.3, 0.4) is 0 Å². The van der Waals surface area contributed by atoms with Crippen LogP contribution >= 0.6 is 11.6 Å². The number of methoxy groups -OCH3 is 1. The summed E-state index contributed by atoms with van der Waals surface area (Å²) in [5.74, 6) is 0.582. The fraction of sp³-hybridized carbons (Fsp3) is 0.278. The summed E-state index contributed by atoms with van der Waals surface area (Å²) >= 11 is 5.90. The molecule has 23 heavy (non-hydrogen) atoms. The molecule has 2 aromatic carbocycles. The SMILES string of the molecule is COC(C(=O)N(C)CCOc1cccc(Cl)c1)c1ccccc1. The zero-order chi connectivity index (χ0) is 16.7. The fourth-order valence-electron chi connectivity index (χ4n) is 2.17. The number of amides is 1. The molecule has 0 aromatic heterocycles. The zero-order valence-electron chi connectivity index (χ0n) is 13.2. The lowest BCUT2D eigenvalue weighted by Gasteiger charge is -2.23. The number of likely N-dealkylation sites (N-methyl/N-ethyl adjacent to an activating group) is 1. The van der Waals surface area contributed by atoms with Gasteiger partial charge in [-0.1, -0.05) is 48.0 Å². The number of ether oxygens (including phenoxy) is 2. The topological polar surface area (TPSA) is 38.8 Å². The lowest BCUT2D eigenvalue weighted by atomic mass is 10.1. The predicted octanol–water partition coefficient (Wildman–Crippen LogP) is 3.56. The first-order valence-electron chi connectivity index (χ1n) is 7.33. The molecule has 0 radical (unpaired) electrons. The number of nitrogens with zero attached hydrogens (tertiary/aromatic N) is 1. The van der Waals surface area contributed by atoms with Gasteiger partial charge in [0, 0.05) is 19.2 Å². The number of rotatable bonds is 7. The van der Waals surface area contributed by atoms with Gasteiger partial charge in [-0.05, 0) is 23.8 Å². The first-order valence-corrected chi connectivity index (χ1v) is 7.70. The Hall–Kier alpha value is -2.04. The predicted molar refractivity (Wildman–Crippen MR) is 90.8 cm³/mol. The summed E-state index contributed by atoms with van der Waals surface area (Å²) in [4.78, 5) is 14.1. The van der Waals surface area contributed by atoms with E-state index in [1.165, 1.54) is 7.11 Å². The number of hydrogen-bond donors (Lipinski definition) is 0. The van der Waals surface area contributed by atoms with Crippen LogP contribution in [-0.4, -0.2) is 38.1 Å². The van der Waals surface area contributed by atoms with Gasteiger partial charge in [-0.25, -0.2) is 0 Å². The monoisotopic (exact) mass is 333 g/mol. The molecule has 0 spiro atoms. The van der Waals surface area contributed by atoms with E-state index >= 15 is 0 Å². The van der Waals surface area contributed by atoms with E-state index in [0.717, 1.165) is 5.56 Å². The van der Waals surface area contributed by atoms with E-state index in [0.29, 0.717) is 23.9 Å². The Morgan fingerprint density at radius 1 is 1.17 bits per heavy atom. The molecule has 0 aliphatic heterocycles. The number of carbonyl (C=O) groups is 1. The zero-order valence-corrected chi connectivity index (χ0v) is 14.0. The van der Waals surface area contributed by atoms with Crippen molar-refractivity contribution in [3.8, 4) is 5.75 Å². The molecule has 0 heterocycles. The first-order chi connectivity index (χ1) is 11.1. The Morgan fingerprint density at radius 3 is 2.57 bits per heavy atom. The molecular weight excluding hydrogens is 314 g/mol. The number of halogens is 1. The Labute approximate surface area is 141 Å². The average Bonchev–Trinajstić information content (AvgIpc) is 2.56. The smallest absolute Gasteiger partial charge is 0.256 e. The molecule has 0 saturated heterocycles. The Bertz CT molecular complexity index is 633. The first kappa shape index (κ1) is 17.3. The summed E-state index contributed by atoms with van der Waals surface area (Å²) in [7, 11) is 3.27. The minimum Gasteiger partial charge on any atom is -0.492 e. The molecule has 0 aliphatic rings. The van der Waals surface area contributed by atoms with Crippen molar-refractivity contribution >= 4 is 17.5 Å².